The molecule has 0 spiro atoms. The fourth-order valence-electron chi connectivity index (χ4n) is 3.63. The van der Waals surface area contributed by atoms with Crippen molar-refractivity contribution < 1.29 is 19.0 Å². The third-order valence-electron chi connectivity index (χ3n) is 5.67. The summed E-state index contributed by atoms with van der Waals surface area (Å²) < 4.78 is 16.7. The molecule has 0 saturated heterocycles. The predicted molar refractivity (Wildman–Crippen MR) is 155 cm³/mol. The second-order valence-corrected chi connectivity index (χ2v) is 18.0. The molecule has 0 atom stereocenters. The number of unbranched alkanes of at least 4 members (excludes halogenated alkanes) is 6. The molecular formula is C28H37Cl3O4Si. The summed E-state index contributed by atoms with van der Waals surface area (Å²) in [6, 6.07) is 12.1. The standard InChI is InChI=1S/C28H37Cl3O4Si/c1-3-4-5-8-19-34-26-17-16-25(22-27(26)33-2)24-14-11-23(12-15-24)13-18-28(32)35-20-9-6-7-10-21-36(29,30)31/h11-18,22H,3-10,19-21H2,1-2H3/b18-13+. The van der Waals surface area contributed by atoms with Crippen LogP contribution in [0.2, 0.25) is 6.04 Å². The molecule has 0 amide bonds. The minimum Gasteiger partial charge on any atom is -0.493 e. The van der Waals surface area contributed by atoms with E-state index in [1.165, 1.54) is 25.3 Å². The van der Waals surface area contributed by atoms with Gasteiger partial charge in [0.1, 0.15) is 0 Å². The van der Waals surface area contributed by atoms with Crippen molar-refractivity contribution in [3.63, 3.8) is 0 Å². The Morgan fingerprint density at radius 2 is 1.50 bits per heavy atom. The van der Waals surface area contributed by atoms with Gasteiger partial charge in [0.05, 0.1) is 20.3 Å². The lowest BCUT2D eigenvalue weighted by Crippen LogP contribution is -2.07. The molecule has 0 unspecified atom stereocenters. The SMILES string of the molecule is CCCCCCOc1ccc(-c2ccc(/C=C/C(=O)OCCCCCC[Si](Cl)(Cl)Cl)cc2)cc1OC. The van der Waals surface area contributed by atoms with Crippen molar-refractivity contribution in [3.05, 3.63) is 54.1 Å². The van der Waals surface area contributed by atoms with Crippen LogP contribution in [-0.4, -0.2) is 32.3 Å². The molecule has 198 valence electrons. The Kier molecular flexibility index (Phi) is 14.4. The monoisotopic (exact) mass is 570 g/mol. The molecule has 0 saturated carbocycles. The number of hydrogen-bond donors (Lipinski definition) is 0. The summed E-state index contributed by atoms with van der Waals surface area (Å²) in [6.45, 7) is 3.29. The van der Waals surface area contributed by atoms with Gasteiger partial charge in [0.25, 0.3) is 0 Å². The molecule has 0 heterocycles. The number of ether oxygens (including phenoxy) is 3. The quantitative estimate of drug-likeness (QED) is 0.0624. The van der Waals surface area contributed by atoms with Gasteiger partial charge in [-0.05, 0) is 53.8 Å². The molecule has 0 N–H and O–H groups in total. The summed E-state index contributed by atoms with van der Waals surface area (Å²) in [5.41, 5.74) is 3.02. The number of halogens is 3. The number of esters is 1. The molecule has 0 aliphatic rings. The first kappa shape index (κ1) is 30.6. The van der Waals surface area contributed by atoms with E-state index in [0.29, 0.717) is 19.3 Å². The zero-order chi connectivity index (χ0) is 26.2. The van der Waals surface area contributed by atoms with E-state index in [0.717, 1.165) is 60.3 Å². The lowest BCUT2D eigenvalue weighted by molar-refractivity contribution is -0.137. The summed E-state index contributed by atoms with van der Waals surface area (Å²) in [4.78, 5) is 12.0. The van der Waals surface area contributed by atoms with Gasteiger partial charge in [0.15, 0.2) is 11.5 Å². The number of hydrogen-bond acceptors (Lipinski definition) is 4. The highest BCUT2D eigenvalue weighted by atomic mass is 35.8. The van der Waals surface area contributed by atoms with Crippen molar-refractivity contribution >= 4 is 51.3 Å². The highest BCUT2D eigenvalue weighted by molar-refractivity contribution is 7.64. The van der Waals surface area contributed by atoms with Crippen LogP contribution in [0.5, 0.6) is 11.5 Å². The molecule has 8 heteroatoms. The van der Waals surface area contributed by atoms with Gasteiger partial charge in [0.2, 0.25) is 0 Å². The highest BCUT2D eigenvalue weighted by Crippen LogP contribution is 2.33. The first-order chi connectivity index (χ1) is 17.3. The van der Waals surface area contributed by atoms with Gasteiger partial charge < -0.3 is 14.2 Å². The fourth-order valence-corrected chi connectivity index (χ4v) is 5.48. The van der Waals surface area contributed by atoms with Crippen molar-refractivity contribution in [2.24, 2.45) is 0 Å². The first-order valence-electron chi connectivity index (χ1n) is 12.6. The molecule has 0 aromatic heterocycles. The van der Waals surface area contributed by atoms with Crippen LogP contribution < -0.4 is 9.47 Å². The van der Waals surface area contributed by atoms with Crippen LogP contribution in [0.4, 0.5) is 0 Å². The predicted octanol–water partition coefficient (Wildman–Crippen LogP) is 9.09. The van der Waals surface area contributed by atoms with E-state index in [9.17, 15) is 4.79 Å². The molecule has 0 radical (unpaired) electrons. The van der Waals surface area contributed by atoms with Crippen molar-refractivity contribution in [2.45, 2.75) is 64.3 Å². The lowest BCUT2D eigenvalue weighted by atomic mass is 10.0. The van der Waals surface area contributed by atoms with E-state index >= 15 is 0 Å². The van der Waals surface area contributed by atoms with Gasteiger partial charge in [0, 0.05) is 6.08 Å². The maximum Gasteiger partial charge on any atom is 0.341 e. The topological polar surface area (TPSA) is 44.8 Å². The molecule has 0 aliphatic heterocycles. The zero-order valence-electron chi connectivity index (χ0n) is 21.2. The Bertz CT molecular complexity index is 943. The van der Waals surface area contributed by atoms with E-state index in [2.05, 4.69) is 6.92 Å². The van der Waals surface area contributed by atoms with Crippen molar-refractivity contribution in [2.75, 3.05) is 20.3 Å². The molecule has 36 heavy (non-hydrogen) atoms. The van der Waals surface area contributed by atoms with Gasteiger partial charge in [-0.25, -0.2) is 4.79 Å². The molecule has 4 nitrogen and oxygen atoms in total. The van der Waals surface area contributed by atoms with Crippen LogP contribution in [0.3, 0.4) is 0 Å². The zero-order valence-corrected chi connectivity index (χ0v) is 24.5. The molecule has 0 fully saturated rings. The largest absolute Gasteiger partial charge is 0.493 e. The Morgan fingerprint density at radius 1 is 0.833 bits per heavy atom. The van der Waals surface area contributed by atoms with Crippen molar-refractivity contribution in [3.8, 4) is 22.6 Å². The highest BCUT2D eigenvalue weighted by Gasteiger charge is 2.23. The Balaban J connectivity index is 1.79. The maximum atomic E-state index is 12.0. The number of benzene rings is 2. The molecule has 0 aliphatic carbocycles. The van der Waals surface area contributed by atoms with E-state index in [4.69, 9.17) is 47.4 Å². The van der Waals surface area contributed by atoms with Crippen LogP contribution >= 0.6 is 33.2 Å². The Morgan fingerprint density at radius 3 is 2.19 bits per heavy atom. The van der Waals surface area contributed by atoms with Crippen LogP contribution in [-0.2, 0) is 9.53 Å². The third kappa shape index (κ3) is 12.5. The van der Waals surface area contributed by atoms with Crippen LogP contribution in [0.15, 0.2) is 48.5 Å². The van der Waals surface area contributed by atoms with E-state index < -0.39 is 6.00 Å². The normalized spacial score (nSPS) is 11.6. The molecule has 2 rings (SSSR count). The maximum absolute atomic E-state index is 12.0. The molecule has 2 aromatic carbocycles. The van der Waals surface area contributed by atoms with Gasteiger partial charge in [-0.15, -0.1) is 33.2 Å². The summed E-state index contributed by atoms with van der Waals surface area (Å²) in [7, 11) is 1.66. The van der Waals surface area contributed by atoms with Crippen LogP contribution in [0.1, 0.15) is 63.9 Å². The average molecular weight is 572 g/mol. The molecular weight excluding hydrogens is 535 g/mol. The van der Waals surface area contributed by atoms with Crippen molar-refractivity contribution in [1.82, 2.24) is 0 Å². The fraction of sp³-hybridized carbons (Fsp3) is 0.464. The van der Waals surface area contributed by atoms with Gasteiger partial charge in [-0.1, -0.05) is 75.8 Å². The first-order valence-corrected chi connectivity index (χ1v) is 17.9. The Labute approximate surface area is 231 Å². The molecule has 2 aromatic rings. The second-order valence-electron chi connectivity index (χ2n) is 8.68. The Hall–Kier alpha value is -1.66. The third-order valence-corrected chi connectivity index (χ3v) is 8.30. The van der Waals surface area contributed by atoms with Crippen LogP contribution in [0, 0.1) is 0 Å². The summed E-state index contributed by atoms with van der Waals surface area (Å²) in [6.07, 6.45) is 11.5. The van der Waals surface area contributed by atoms with E-state index in [1.54, 1.807) is 13.2 Å². The van der Waals surface area contributed by atoms with Gasteiger partial charge in [-0.3, -0.25) is 0 Å². The number of carbonyl (C=O) groups excluding carboxylic acids is 1. The molecule has 0 bridgehead atoms. The summed E-state index contributed by atoms with van der Waals surface area (Å²) in [5, 5.41) is 0. The number of methoxy groups -OCH3 is 1. The van der Waals surface area contributed by atoms with Gasteiger partial charge >= 0.3 is 12.0 Å². The summed E-state index contributed by atoms with van der Waals surface area (Å²) in [5.74, 6) is 1.14. The van der Waals surface area contributed by atoms with Crippen molar-refractivity contribution in [1.29, 1.82) is 0 Å². The number of rotatable bonds is 17. The number of carbonyl (C=O) groups is 1. The second kappa shape index (κ2) is 17.0. The average Bonchev–Trinajstić information content (AvgIpc) is 2.86. The lowest BCUT2D eigenvalue weighted by Gasteiger charge is -2.12. The minimum absolute atomic E-state index is 0.345. The van der Waals surface area contributed by atoms with E-state index in [-0.39, 0.29) is 5.97 Å². The van der Waals surface area contributed by atoms with E-state index in [1.807, 2.05) is 42.5 Å². The summed E-state index contributed by atoms with van der Waals surface area (Å²) >= 11 is 17.6. The minimum atomic E-state index is -2.51. The smallest absolute Gasteiger partial charge is 0.341 e. The van der Waals surface area contributed by atoms with Gasteiger partial charge in [-0.2, -0.15) is 0 Å². The van der Waals surface area contributed by atoms with Crippen LogP contribution in [0.25, 0.3) is 17.2 Å².